The molecule has 0 aliphatic heterocycles. The van der Waals surface area contributed by atoms with Gasteiger partial charge in [0.15, 0.2) is 0 Å². The van der Waals surface area contributed by atoms with Gasteiger partial charge < -0.3 is 19.3 Å². The number of nitrogens with zero attached hydrogens (tertiary/aromatic N) is 3. The van der Waals surface area contributed by atoms with Gasteiger partial charge in [0.25, 0.3) is 0 Å². The molecule has 1 saturated carbocycles. The van der Waals surface area contributed by atoms with Gasteiger partial charge in [0.1, 0.15) is 17.2 Å². The molecule has 1 fully saturated rings. The summed E-state index contributed by atoms with van der Waals surface area (Å²) in [5.74, 6) is 2.19. The van der Waals surface area contributed by atoms with Crippen LogP contribution >= 0.6 is 0 Å². The minimum absolute atomic E-state index is 0.316. The summed E-state index contributed by atoms with van der Waals surface area (Å²) >= 11 is 0. The zero-order valence-corrected chi connectivity index (χ0v) is 18.9. The Bertz CT molecular complexity index is 1000. The Hall–Kier alpha value is -2.87. The third-order valence-electron chi connectivity index (χ3n) is 5.64. The molecule has 7 heteroatoms. The molecule has 1 heterocycles. The molecular weight excluding hydrogens is 406 g/mol. The maximum absolute atomic E-state index is 10.4. The number of hydrogen-bond donors (Lipinski definition) is 1. The number of aromatic nitrogens is 2. The van der Waals surface area contributed by atoms with E-state index < -0.39 is 6.10 Å². The molecule has 0 unspecified atom stereocenters. The van der Waals surface area contributed by atoms with Gasteiger partial charge in [-0.25, -0.2) is 4.68 Å². The lowest BCUT2D eigenvalue weighted by atomic mass is 10.1. The molecule has 0 spiro atoms. The Balaban J connectivity index is 1.68. The van der Waals surface area contributed by atoms with E-state index in [9.17, 15) is 5.11 Å². The van der Waals surface area contributed by atoms with Crippen molar-refractivity contribution in [1.29, 1.82) is 0 Å². The highest BCUT2D eigenvalue weighted by atomic mass is 16.5. The van der Waals surface area contributed by atoms with Crippen LogP contribution in [0.4, 0.5) is 0 Å². The van der Waals surface area contributed by atoms with Crippen LogP contribution in [0, 0.1) is 0 Å². The van der Waals surface area contributed by atoms with E-state index in [0.29, 0.717) is 37.4 Å². The average molecular weight is 438 g/mol. The summed E-state index contributed by atoms with van der Waals surface area (Å²) in [6, 6.07) is 18.1. The molecular formula is C25H31N3O4. The second-order valence-corrected chi connectivity index (χ2v) is 8.17. The van der Waals surface area contributed by atoms with Crippen molar-refractivity contribution in [3.63, 3.8) is 0 Å². The Morgan fingerprint density at radius 3 is 2.38 bits per heavy atom. The van der Waals surface area contributed by atoms with Gasteiger partial charge in [-0.3, -0.25) is 4.90 Å². The Kier molecular flexibility index (Phi) is 7.09. The summed E-state index contributed by atoms with van der Waals surface area (Å²) in [6.07, 6.45) is 1.73. The number of ether oxygens (including phenoxy) is 3. The molecule has 7 nitrogen and oxygen atoms in total. The van der Waals surface area contributed by atoms with Gasteiger partial charge in [-0.05, 0) is 37.1 Å². The second kappa shape index (κ2) is 10.2. The minimum atomic E-state index is -0.539. The van der Waals surface area contributed by atoms with Crippen molar-refractivity contribution < 1.29 is 19.3 Å². The normalized spacial score (nSPS) is 14.5. The average Bonchev–Trinajstić information content (AvgIpc) is 3.61. The molecule has 0 saturated heterocycles. The summed E-state index contributed by atoms with van der Waals surface area (Å²) in [4.78, 5) is 2.31. The van der Waals surface area contributed by atoms with Crippen LogP contribution in [-0.2, 0) is 18.3 Å². The van der Waals surface area contributed by atoms with Gasteiger partial charge in [0, 0.05) is 38.9 Å². The maximum atomic E-state index is 10.4. The number of hydrogen-bond acceptors (Lipinski definition) is 6. The van der Waals surface area contributed by atoms with Gasteiger partial charge in [-0.1, -0.05) is 30.3 Å². The predicted octanol–water partition coefficient (Wildman–Crippen LogP) is 3.86. The Labute approximate surface area is 189 Å². The fourth-order valence-corrected chi connectivity index (χ4v) is 3.91. The Morgan fingerprint density at radius 1 is 1.06 bits per heavy atom. The van der Waals surface area contributed by atoms with Crippen LogP contribution in [0.3, 0.4) is 0 Å². The standard InChI is InChI=1S/C25H31N3O4/c1-27-25(32-22-13-11-21(31-3)12-14-22)23(24(26-27)18-7-5-4-6-8-18)16-28(19-9-10-19)15-20(29)17-30-2/h4-8,11-14,19-20,29H,9-10,15-17H2,1-3H3/t20-/m0/s1. The first-order chi connectivity index (χ1) is 15.6. The lowest BCUT2D eigenvalue weighted by Crippen LogP contribution is -2.36. The smallest absolute Gasteiger partial charge is 0.222 e. The van der Waals surface area contributed by atoms with E-state index in [1.807, 2.05) is 49.5 Å². The molecule has 1 atom stereocenters. The predicted molar refractivity (Wildman–Crippen MR) is 123 cm³/mol. The largest absolute Gasteiger partial charge is 0.497 e. The summed E-state index contributed by atoms with van der Waals surface area (Å²) < 4.78 is 18.5. The molecule has 2 aromatic carbocycles. The van der Waals surface area contributed by atoms with Crippen LogP contribution in [0.1, 0.15) is 18.4 Å². The third-order valence-corrected chi connectivity index (χ3v) is 5.64. The van der Waals surface area contributed by atoms with Crippen molar-refractivity contribution in [3.05, 3.63) is 60.2 Å². The molecule has 4 rings (SSSR count). The van der Waals surface area contributed by atoms with E-state index in [1.165, 1.54) is 0 Å². The number of aliphatic hydroxyl groups excluding tert-OH is 1. The zero-order chi connectivity index (χ0) is 22.5. The number of aryl methyl sites for hydroxylation is 1. The van der Waals surface area contributed by atoms with E-state index in [0.717, 1.165) is 35.4 Å². The van der Waals surface area contributed by atoms with Crippen LogP contribution in [0.2, 0.25) is 0 Å². The van der Waals surface area contributed by atoms with Crippen molar-refractivity contribution in [2.45, 2.75) is 31.5 Å². The lowest BCUT2D eigenvalue weighted by molar-refractivity contribution is 0.0336. The highest BCUT2D eigenvalue weighted by Gasteiger charge is 2.33. The molecule has 0 amide bonds. The number of rotatable bonds is 11. The molecule has 1 N–H and O–H groups in total. The molecule has 1 aromatic heterocycles. The highest BCUT2D eigenvalue weighted by Crippen LogP contribution is 2.37. The summed E-state index contributed by atoms with van der Waals surface area (Å²) in [6.45, 7) is 1.50. The van der Waals surface area contributed by atoms with E-state index in [2.05, 4.69) is 17.0 Å². The summed E-state index contributed by atoms with van der Waals surface area (Å²) in [5, 5.41) is 15.2. The van der Waals surface area contributed by atoms with Gasteiger partial charge in [0.05, 0.1) is 25.4 Å². The summed E-state index contributed by atoms with van der Waals surface area (Å²) in [5.41, 5.74) is 2.94. The first kappa shape index (κ1) is 22.3. The van der Waals surface area contributed by atoms with Gasteiger partial charge in [0.2, 0.25) is 5.88 Å². The zero-order valence-electron chi connectivity index (χ0n) is 18.9. The quantitative estimate of drug-likeness (QED) is 0.491. The van der Waals surface area contributed by atoms with Crippen molar-refractivity contribution in [2.24, 2.45) is 7.05 Å². The molecule has 32 heavy (non-hydrogen) atoms. The van der Waals surface area contributed by atoms with Crippen molar-refractivity contribution in [2.75, 3.05) is 27.4 Å². The van der Waals surface area contributed by atoms with Crippen molar-refractivity contribution >= 4 is 0 Å². The number of benzene rings is 2. The fraction of sp³-hybridized carbons (Fsp3) is 0.400. The summed E-state index contributed by atoms with van der Waals surface area (Å²) in [7, 11) is 5.15. The van der Waals surface area contributed by atoms with Gasteiger partial charge in [-0.2, -0.15) is 5.10 Å². The third kappa shape index (κ3) is 5.30. The van der Waals surface area contributed by atoms with Crippen LogP contribution in [0.5, 0.6) is 17.4 Å². The fourth-order valence-electron chi connectivity index (χ4n) is 3.91. The van der Waals surface area contributed by atoms with Crippen molar-refractivity contribution in [1.82, 2.24) is 14.7 Å². The minimum Gasteiger partial charge on any atom is -0.497 e. The Morgan fingerprint density at radius 2 is 1.75 bits per heavy atom. The van der Waals surface area contributed by atoms with Crippen molar-refractivity contribution in [3.8, 4) is 28.6 Å². The molecule has 3 aromatic rings. The van der Waals surface area contributed by atoms with E-state index in [1.54, 1.807) is 18.9 Å². The van der Waals surface area contributed by atoms with Gasteiger partial charge in [-0.15, -0.1) is 0 Å². The van der Waals surface area contributed by atoms with Crippen LogP contribution in [0.25, 0.3) is 11.3 Å². The first-order valence-electron chi connectivity index (χ1n) is 10.9. The van der Waals surface area contributed by atoms with Crippen LogP contribution in [-0.4, -0.2) is 59.3 Å². The highest BCUT2D eigenvalue weighted by molar-refractivity contribution is 5.65. The van der Waals surface area contributed by atoms with E-state index in [-0.39, 0.29) is 0 Å². The molecule has 0 bridgehead atoms. The second-order valence-electron chi connectivity index (χ2n) is 8.17. The molecule has 1 aliphatic rings. The molecule has 0 radical (unpaired) electrons. The van der Waals surface area contributed by atoms with Gasteiger partial charge >= 0.3 is 0 Å². The number of aliphatic hydroxyl groups is 1. The SMILES string of the molecule is COC[C@@H](O)CN(Cc1c(-c2ccccc2)nn(C)c1Oc1ccc(OC)cc1)C1CC1. The first-order valence-corrected chi connectivity index (χ1v) is 10.9. The van der Waals surface area contributed by atoms with Crippen LogP contribution < -0.4 is 9.47 Å². The lowest BCUT2D eigenvalue weighted by Gasteiger charge is -2.25. The number of methoxy groups -OCH3 is 2. The van der Waals surface area contributed by atoms with E-state index >= 15 is 0 Å². The maximum Gasteiger partial charge on any atom is 0.222 e. The van der Waals surface area contributed by atoms with Crippen LogP contribution in [0.15, 0.2) is 54.6 Å². The molecule has 1 aliphatic carbocycles. The monoisotopic (exact) mass is 437 g/mol. The topological polar surface area (TPSA) is 69.0 Å². The molecule has 170 valence electrons. The van der Waals surface area contributed by atoms with E-state index in [4.69, 9.17) is 19.3 Å².